The van der Waals surface area contributed by atoms with Crippen LogP contribution >= 0.6 is 0 Å². The van der Waals surface area contributed by atoms with E-state index in [-0.39, 0.29) is 18.3 Å². The van der Waals surface area contributed by atoms with Gasteiger partial charge < -0.3 is 10.1 Å². The number of hydrazone groups is 1. The Bertz CT molecular complexity index is 1280. The normalized spacial score (nSPS) is 19.1. The number of ether oxygens (including phenoxy) is 1. The summed E-state index contributed by atoms with van der Waals surface area (Å²) in [5, 5.41) is 13.1. The number of amides is 1. The van der Waals surface area contributed by atoms with E-state index in [1.807, 2.05) is 79.7 Å². The summed E-state index contributed by atoms with van der Waals surface area (Å²) in [4.78, 5) is 26.7. The first-order chi connectivity index (χ1) is 16.5. The number of aryl methyl sites for hydroxylation is 1. The second-order valence-corrected chi connectivity index (χ2v) is 8.14. The van der Waals surface area contributed by atoms with Crippen molar-refractivity contribution in [3.8, 4) is 0 Å². The predicted molar refractivity (Wildman–Crippen MR) is 130 cm³/mol. The molecule has 0 saturated heterocycles. The van der Waals surface area contributed by atoms with Crippen molar-refractivity contribution in [1.29, 1.82) is 0 Å². The highest BCUT2D eigenvalue weighted by Gasteiger charge is 2.58. The number of esters is 1. The maximum absolute atomic E-state index is 13.6. The molecule has 172 valence electrons. The minimum absolute atomic E-state index is 0.00225. The van der Waals surface area contributed by atoms with Crippen molar-refractivity contribution in [3.05, 3.63) is 95.6 Å². The lowest BCUT2D eigenvalue weighted by Crippen LogP contribution is -2.63. The Balaban J connectivity index is 1.82. The second-order valence-electron chi connectivity index (χ2n) is 8.14. The number of para-hydroxylation sites is 1. The molecule has 0 fully saturated rings. The van der Waals surface area contributed by atoms with Crippen molar-refractivity contribution in [3.63, 3.8) is 0 Å². The first-order valence-corrected chi connectivity index (χ1v) is 11.1. The van der Waals surface area contributed by atoms with E-state index in [1.54, 1.807) is 30.1 Å². The van der Waals surface area contributed by atoms with E-state index < -0.39 is 11.8 Å². The molecule has 1 unspecified atom stereocenters. The van der Waals surface area contributed by atoms with Gasteiger partial charge in [-0.2, -0.15) is 0 Å². The van der Waals surface area contributed by atoms with Crippen molar-refractivity contribution in [1.82, 2.24) is 10.0 Å². The molecule has 2 aliphatic rings. The Labute approximate surface area is 198 Å². The SMILES string of the molecule is CCOC(=O)C1=NN(c2ccc(C)cc2)C2(c3ccccc3)Nc3ccccc3C(=O)N(C)N12. The summed E-state index contributed by atoms with van der Waals surface area (Å²) >= 11 is 0. The number of hydrogen-bond donors (Lipinski definition) is 1. The van der Waals surface area contributed by atoms with E-state index in [0.29, 0.717) is 11.3 Å². The minimum Gasteiger partial charge on any atom is -0.460 e. The highest BCUT2D eigenvalue weighted by molar-refractivity contribution is 6.36. The van der Waals surface area contributed by atoms with E-state index >= 15 is 0 Å². The van der Waals surface area contributed by atoms with Crippen LogP contribution in [0.1, 0.15) is 28.4 Å². The summed E-state index contributed by atoms with van der Waals surface area (Å²) in [7, 11) is 1.64. The van der Waals surface area contributed by atoms with Gasteiger partial charge in [0.1, 0.15) is 0 Å². The summed E-state index contributed by atoms with van der Waals surface area (Å²) in [6.45, 7) is 3.92. The molecule has 8 nitrogen and oxygen atoms in total. The Morgan fingerprint density at radius 1 is 1.00 bits per heavy atom. The third kappa shape index (κ3) is 3.18. The summed E-state index contributed by atoms with van der Waals surface area (Å²) in [5.41, 5.74) is 3.74. The predicted octanol–water partition coefficient (Wildman–Crippen LogP) is 3.92. The van der Waals surface area contributed by atoms with E-state index in [0.717, 1.165) is 16.8 Å². The number of fused-ring (bicyclic) bond motifs is 2. The van der Waals surface area contributed by atoms with Crippen molar-refractivity contribution >= 4 is 29.1 Å². The lowest BCUT2D eigenvalue weighted by Gasteiger charge is -2.46. The number of hydrogen-bond acceptors (Lipinski definition) is 7. The van der Waals surface area contributed by atoms with Gasteiger partial charge in [0.05, 0.1) is 23.5 Å². The first-order valence-electron chi connectivity index (χ1n) is 11.1. The van der Waals surface area contributed by atoms with E-state index in [2.05, 4.69) is 5.32 Å². The molecule has 0 bridgehead atoms. The molecule has 2 heterocycles. The number of nitrogens with one attached hydrogen (secondary N) is 1. The summed E-state index contributed by atoms with van der Waals surface area (Å²) in [6.07, 6.45) is 0. The van der Waals surface area contributed by atoms with Crippen LogP contribution in [0.15, 0.2) is 84.0 Å². The quantitative estimate of drug-likeness (QED) is 0.601. The molecule has 1 N–H and O–H groups in total. The lowest BCUT2D eigenvalue weighted by molar-refractivity contribution is -0.137. The fraction of sp³-hybridized carbons (Fsp3) is 0.192. The molecule has 5 rings (SSSR count). The van der Waals surface area contributed by atoms with Gasteiger partial charge in [0.15, 0.2) is 0 Å². The van der Waals surface area contributed by atoms with Crippen molar-refractivity contribution in [2.45, 2.75) is 19.6 Å². The third-order valence-electron chi connectivity index (χ3n) is 5.98. The summed E-state index contributed by atoms with van der Waals surface area (Å²) in [6, 6.07) is 24.8. The molecule has 0 saturated carbocycles. The highest BCUT2D eigenvalue weighted by Crippen LogP contribution is 2.45. The number of rotatable bonds is 4. The number of nitrogens with zero attached hydrogens (tertiary/aromatic N) is 4. The smallest absolute Gasteiger partial charge is 0.377 e. The molecule has 0 aliphatic carbocycles. The average molecular weight is 456 g/mol. The van der Waals surface area contributed by atoms with Crippen molar-refractivity contribution < 1.29 is 14.3 Å². The lowest BCUT2D eigenvalue weighted by atomic mass is 10.0. The fourth-order valence-electron chi connectivity index (χ4n) is 4.39. The Morgan fingerprint density at radius 3 is 2.38 bits per heavy atom. The number of amidine groups is 1. The zero-order valence-electron chi connectivity index (χ0n) is 19.2. The maximum atomic E-state index is 13.6. The molecular formula is C26H25N5O3. The molecule has 0 aromatic heterocycles. The average Bonchev–Trinajstić information content (AvgIpc) is 3.16. The summed E-state index contributed by atoms with van der Waals surface area (Å²) in [5.74, 6) is -2.15. The molecule has 3 aromatic rings. The van der Waals surface area contributed by atoms with Crippen LogP contribution in [0.3, 0.4) is 0 Å². The largest absolute Gasteiger partial charge is 0.460 e. The van der Waals surface area contributed by atoms with Gasteiger partial charge in [0.25, 0.3) is 17.5 Å². The Hall–Kier alpha value is -4.33. The van der Waals surface area contributed by atoms with Gasteiger partial charge in [-0.1, -0.05) is 60.2 Å². The molecule has 0 spiro atoms. The number of carbonyl (C=O) groups excluding carboxylic acids is 2. The van der Waals surface area contributed by atoms with Crippen LogP contribution in [0.25, 0.3) is 0 Å². The van der Waals surface area contributed by atoms with Crippen molar-refractivity contribution in [2.24, 2.45) is 5.10 Å². The van der Waals surface area contributed by atoms with Crippen LogP contribution in [0, 0.1) is 6.92 Å². The zero-order valence-corrected chi connectivity index (χ0v) is 19.2. The monoisotopic (exact) mass is 455 g/mol. The van der Waals surface area contributed by atoms with Crippen LogP contribution < -0.4 is 10.3 Å². The van der Waals surface area contributed by atoms with E-state index in [9.17, 15) is 9.59 Å². The molecule has 3 aromatic carbocycles. The molecule has 34 heavy (non-hydrogen) atoms. The summed E-state index contributed by atoms with van der Waals surface area (Å²) < 4.78 is 5.36. The van der Waals surface area contributed by atoms with E-state index in [1.165, 1.54) is 5.01 Å². The van der Waals surface area contributed by atoms with Gasteiger partial charge in [-0.15, -0.1) is 5.10 Å². The van der Waals surface area contributed by atoms with Crippen molar-refractivity contribution in [2.75, 3.05) is 24.0 Å². The van der Waals surface area contributed by atoms with Gasteiger partial charge in [0.2, 0.25) is 0 Å². The maximum Gasteiger partial charge on any atom is 0.377 e. The van der Waals surface area contributed by atoms with Crippen LogP contribution in [0.2, 0.25) is 0 Å². The van der Waals surface area contributed by atoms with Gasteiger partial charge in [-0.05, 0) is 38.1 Å². The van der Waals surface area contributed by atoms with Crippen LogP contribution in [-0.2, 0) is 15.3 Å². The molecular weight excluding hydrogens is 430 g/mol. The molecule has 1 amide bonds. The number of anilines is 2. The third-order valence-corrected chi connectivity index (χ3v) is 5.98. The Kier molecular flexibility index (Phi) is 5.20. The topological polar surface area (TPSA) is 77.5 Å². The molecule has 0 radical (unpaired) electrons. The number of benzene rings is 3. The molecule has 2 aliphatic heterocycles. The second kappa shape index (κ2) is 8.22. The molecule has 8 heteroatoms. The Morgan fingerprint density at radius 2 is 1.68 bits per heavy atom. The number of carbonyl (C=O) groups is 2. The standard InChI is InChI=1S/C26H25N5O3/c1-4-34-25(33)23-28-30(20-16-14-18(2)15-17-20)26(19-10-6-5-7-11-19)27-22-13-9-8-12-21(22)24(32)29(3)31(23)26/h5-17,27H,4H2,1-3H3. The van der Waals surface area contributed by atoms with Gasteiger partial charge >= 0.3 is 5.97 Å². The van der Waals surface area contributed by atoms with Gasteiger partial charge in [-0.25, -0.2) is 19.8 Å². The first kappa shape index (κ1) is 21.5. The molecule has 1 atom stereocenters. The zero-order chi connectivity index (χ0) is 23.9. The van der Waals surface area contributed by atoms with Crippen LogP contribution in [0.4, 0.5) is 11.4 Å². The number of hydrazine groups is 1. The highest BCUT2D eigenvalue weighted by atomic mass is 16.5. The van der Waals surface area contributed by atoms with Gasteiger partial charge in [0, 0.05) is 12.6 Å². The van der Waals surface area contributed by atoms with Crippen LogP contribution in [0.5, 0.6) is 0 Å². The minimum atomic E-state index is -1.25. The van der Waals surface area contributed by atoms with E-state index in [4.69, 9.17) is 9.84 Å². The van der Waals surface area contributed by atoms with Gasteiger partial charge in [-0.3, -0.25) is 4.79 Å². The fourth-order valence-corrected chi connectivity index (χ4v) is 4.39. The van der Waals surface area contributed by atoms with Crippen LogP contribution in [-0.4, -0.2) is 41.4 Å².